The first-order valence-corrected chi connectivity index (χ1v) is 23.6. The fourth-order valence-corrected chi connectivity index (χ4v) is 7.41. The Morgan fingerprint density at radius 2 is 0.656 bits per heavy atom. The molecule has 0 fully saturated rings. The zero-order valence-corrected chi connectivity index (χ0v) is 41.6. The molecule has 0 saturated carbocycles. The molecule has 0 spiro atoms. The van der Waals surface area contributed by atoms with E-state index in [9.17, 15) is 10.2 Å². The fourth-order valence-electron chi connectivity index (χ4n) is 7.41. The lowest BCUT2D eigenvalue weighted by molar-refractivity contribution is 0.364. The summed E-state index contributed by atoms with van der Waals surface area (Å²) >= 11 is 0. The van der Waals surface area contributed by atoms with Gasteiger partial charge in [0.2, 0.25) is 0 Å². The van der Waals surface area contributed by atoms with E-state index in [1.807, 2.05) is 0 Å². The zero-order chi connectivity index (χ0) is 45.6. The molecule has 0 aromatic heterocycles. The summed E-state index contributed by atoms with van der Waals surface area (Å²) in [7, 11) is 1.50. The van der Waals surface area contributed by atoms with Crippen LogP contribution in [0.4, 0.5) is 0 Å². The Kier molecular flexibility index (Phi) is 29.5. The van der Waals surface area contributed by atoms with Gasteiger partial charge in [-0.3, -0.25) is 0 Å². The molecule has 0 saturated heterocycles. The number of phenols is 2. The van der Waals surface area contributed by atoms with Crippen molar-refractivity contribution in [3.63, 3.8) is 0 Å². The standard InChI is InChI=1S/C58H90O3/c1-44(2)23-14-24-45(3)25-15-26-46(4)27-16-28-47(5)29-17-30-48(6)31-18-32-49(7)33-19-34-50(8)35-20-36-51(9)37-21-38-52(10)39-22-40-53(11)41-42-55-43-56(59)58(61-13)54(12)57(55)60/h23,25,27,29,31,33,35,37,39,41,43,59-60H,14-22,24,26,28,30,32,34,36,38,40,42H2,1-13H3/b45-25+,46-27+,47-29+,48-31+,49-33+,50-35+,51-37+,52-39+,53-41+. The summed E-state index contributed by atoms with van der Waals surface area (Å²) in [5.41, 5.74) is 16.0. The maximum atomic E-state index is 10.5. The van der Waals surface area contributed by atoms with Crippen LogP contribution in [0.2, 0.25) is 0 Å². The summed E-state index contributed by atoms with van der Waals surface area (Å²) in [6.45, 7) is 26.5. The molecule has 340 valence electrons. The number of benzene rings is 1. The molecule has 0 atom stereocenters. The van der Waals surface area contributed by atoms with Crippen LogP contribution in [0.25, 0.3) is 0 Å². The molecular formula is C58H90O3. The minimum absolute atomic E-state index is 0.0671. The Bertz CT molecular complexity index is 1770. The molecule has 0 amide bonds. The van der Waals surface area contributed by atoms with Gasteiger partial charge in [0.25, 0.3) is 0 Å². The average Bonchev–Trinajstić information content (AvgIpc) is 3.18. The molecule has 3 nitrogen and oxygen atoms in total. The highest BCUT2D eigenvalue weighted by Crippen LogP contribution is 2.38. The smallest absolute Gasteiger partial charge is 0.167 e. The minimum Gasteiger partial charge on any atom is -0.507 e. The van der Waals surface area contributed by atoms with Crippen molar-refractivity contribution in [2.24, 2.45) is 0 Å². The summed E-state index contributed by atoms with van der Waals surface area (Å²) in [6, 6.07) is 1.60. The molecular weight excluding hydrogens is 745 g/mol. The quantitative estimate of drug-likeness (QED) is 0.0600. The Morgan fingerprint density at radius 3 is 0.902 bits per heavy atom. The monoisotopic (exact) mass is 835 g/mol. The van der Waals surface area contributed by atoms with E-state index < -0.39 is 0 Å². The molecule has 1 rings (SSSR count). The van der Waals surface area contributed by atoms with Crippen LogP contribution in [0.15, 0.2) is 123 Å². The van der Waals surface area contributed by atoms with Gasteiger partial charge in [0, 0.05) is 11.1 Å². The number of methoxy groups -OCH3 is 1. The van der Waals surface area contributed by atoms with Gasteiger partial charge in [-0.2, -0.15) is 0 Å². The third-order valence-corrected chi connectivity index (χ3v) is 11.8. The highest BCUT2D eigenvalue weighted by Gasteiger charge is 2.14. The van der Waals surface area contributed by atoms with E-state index in [-0.39, 0.29) is 11.5 Å². The molecule has 1 aromatic carbocycles. The number of phenolic OH excluding ortho intramolecular Hbond substituents is 2. The molecule has 2 N–H and O–H groups in total. The van der Waals surface area contributed by atoms with Gasteiger partial charge in [-0.25, -0.2) is 0 Å². The van der Waals surface area contributed by atoms with E-state index in [0.717, 1.165) is 96.3 Å². The van der Waals surface area contributed by atoms with Crippen LogP contribution in [0.1, 0.15) is 203 Å². The second-order valence-corrected chi connectivity index (χ2v) is 18.3. The Hall–Kier alpha value is -3.98. The predicted octanol–water partition coefficient (Wildman–Crippen LogP) is 18.5. The van der Waals surface area contributed by atoms with Crippen molar-refractivity contribution in [1.82, 2.24) is 0 Å². The van der Waals surface area contributed by atoms with Crippen molar-refractivity contribution in [2.75, 3.05) is 7.11 Å². The molecule has 0 aliphatic heterocycles. The first-order chi connectivity index (χ1) is 29.0. The van der Waals surface area contributed by atoms with Gasteiger partial charge in [-0.05, 0) is 211 Å². The summed E-state index contributed by atoms with van der Waals surface area (Å²) < 4.78 is 5.20. The van der Waals surface area contributed by atoms with Crippen molar-refractivity contribution in [1.29, 1.82) is 0 Å². The van der Waals surface area contributed by atoms with Crippen molar-refractivity contribution >= 4 is 0 Å². The fraction of sp³-hybridized carbons (Fsp3) is 0.552. The molecule has 0 unspecified atom stereocenters. The van der Waals surface area contributed by atoms with Crippen LogP contribution in [-0.4, -0.2) is 17.3 Å². The second-order valence-electron chi connectivity index (χ2n) is 18.3. The third-order valence-electron chi connectivity index (χ3n) is 11.8. The van der Waals surface area contributed by atoms with Crippen LogP contribution in [0.5, 0.6) is 17.2 Å². The molecule has 61 heavy (non-hydrogen) atoms. The van der Waals surface area contributed by atoms with Crippen LogP contribution >= 0.6 is 0 Å². The van der Waals surface area contributed by atoms with E-state index in [2.05, 4.69) is 137 Å². The minimum atomic E-state index is 0.0671. The van der Waals surface area contributed by atoms with Crippen molar-refractivity contribution in [3.8, 4) is 17.2 Å². The van der Waals surface area contributed by atoms with Gasteiger partial charge in [0.15, 0.2) is 11.5 Å². The van der Waals surface area contributed by atoms with E-state index >= 15 is 0 Å². The normalized spacial score (nSPS) is 14.3. The van der Waals surface area contributed by atoms with Gasteiger partial charge in [-0.15, -0.1) is 0 Å². The maximum Gasteiger partial charge on any atom is 0.167 e. The van der Waals surface area contributed by atoms with E-state index in [0.29, 0.717) is 23.3 Å². The summed E-state index contributed by atoms with van der Waals surface area (Å²) in [6.07, 6.45) is 44.9. The Morgan fingerprint density at radius 1 is 0.410 bits per heavy atom. The zero-order valence-electron chi connectivity index (χ0n) is 41.6. The molecule has 0 aliphatic rings. The van der Waals surface area contributed by atoms with Crippen molar-refractivity contribution < 1.29 is 14.9 Å². The molecule has 1 aromatic rings. The van der Waals surface area contributed by atoms with Gasteiger partial charge < -0.3 is 14.9 Å². The SMILES string of the molecule is COc1c(O)cc(C/C=C(\C)CC/C=C(\C)CC/C=C(\C)CC/C=C(\C)CC/C=C(\C)CC/C=C(\C)CC/C=C(\C)CC/C=C(\C)CC/C=C(\C)CCC=C(C)C)c(O)c1C. The topological polar surface area (TPSA) is 49.7 Å². The highest BCUT2D eigenvalue weighted by atomic mass is 16.5. The van der Waals surface area contributed by atoms with Crippen LogP contribution < -0.4 is 4.74 Å². The average molecular weight is 835 g/mol. The van der Waals surface area contributed by atoms with Gasteiger partial charge in [0.1, 0.15) is 5.75 Å². The number of allylic oxidation sites excluding steroid dienone is 20. The number of hydrogen-bond donors (Lipinski definition) is 2. The Labute approximate surface area is 376 Å². The predicted molar refractivity (Wildman–Crippen MR) is 271 cm³/mol. The first-order valence-electron chi connectivity index (χ1n) is 23.6. The number of rotatable bonds is 30. The van der Waals surface area contributed by atoms with E-state index in [4.69, 9.17) is 4.74 Å². The van der Waals surface area contributed by atoms with Crippen LogP contribution in [0.3, 0.4) is 0 Å². The molecule has 0 aliphatic carbocycles. The number of hydrogen-bond acceptors (Lipinski definition) is 3. The van der Waals surface area contributed by atoms with Gasteiger partial charge in [0.05, 0.1) is 7.11 Å². The Balaban J connectivity index is 2.28. The molecule has 3 heteroatoms. The summed E-state index contributed by atoms with van der Waals surface area (Å²) in [4.78, 5) is 0. The van der Waals surface area contributed by atoms with Crippen molar-refractivity contribution in [3.05, 3.63) is 134 Å². The number of ether oxygens (including phenoxy) is 1. The molecule has 0 radical (unpaired) electrons. The van der Waals surface area contributed by atoms with E-state index in [1.54, 1.807) is 13.0 Å². The lowest BCUT2D eigenvalue weighted by Gasteiger charge is -2.12. The maximum absolute atomic E-state index is 10.5. The summed E-state index contributed by atoms with van der Waals surface area (Å²) in [5, 5.41) is 20.7. The molecule has 0 heterocycles. The third kappa shape index (κ3) is 27.6. The lowest BCUT2D eigenvalue weighted by Crippen LogP contribution is -1.93. The summed E-state index contributed by atoms with van der Waals surface area (Å²) in [5.74, 6) is 0.592. The highest BCUT2D eigenvalue weighted by molar-refractivity contribution is 5.56. The van der Waals surface area contributed by atoms with Crippen molar-refractivity contribution in [2.45, 2.75) is 205 Å². The van der Waals surface area contributed by atoms with Gasteiger partial charge in [-0.1, -0.05) is 116 Å². The molecule has 0 bridgehead atoms. The first kappa shape index (κ1) is 55.0. The van der Waals surface area contributed by atoms with E-state index in [1.165, 1.54) is 82.1 Å². The van der Waals surface area contributed by atoms with Crippen LogP contribution in [0, 0.1) is 6.92 Å². The van der Waals surface area contributed by atoms with Crippen LogP contribution in [-0.2, 0) is 6.42 Å². The largest absolute Gasteiger partial charge is 0.507 e. The lowest BCUT2D eigenvalue weighted by atomic mass is 10.0. The van der Waals surface area contributed by atoms with Gasteiger partial charge >= 0.3 is 0 Å². The number of aromatic hydroxyl groups is 2. The second kappa shape index (κ2) is 32.7.